The standard InChI is InChI=1S/C11H6Cl2N4O2S/c12-9-10(13)15-6-16-11(9)17-20(18,19)8-4-2-1-3-7(8)5-14/h1-4,6H,(H,15,16,17). The molecule has 0 bridgehead atoms. The normalized spacial score (nSPS) is 10.8. The third-order valence-corrected chi connectivity index (χ3v) is 4.41. The van der Waals surface area contributed by atoms with Crippen molar-refractivity contribution >= 4 is 39.0 Å². The third kappa shape index (κ3) is 2.82. The highest BCUT2D eigenvalue weighted by atomic mass is 35.5. The Morgan fingerprint density at radius 1 is 1.20 bits per heavy atom. The Bertz CT molecular complexity index is 802. The van der Waals surface area contributed by atoms with Crippen molar-refractivity contribution in [1.29, 1.82) is 5.26 Å². The lowest BCUT2D eigenvalue weighted by Gasteiger charge is -2.09. The highest BCUT2D eigenvalue weighted by Crippen LogP contribution is 2.27. The number of sulfonamides is 1. The summed E-state index contributed by atoms with van der Waals surface area (Å²) in [6, 6.07) is 7.56. The fourth-order valence-electron chi connectivity index (χ4n) is 1.40. The second kappa shape index (κ2) is 5.63. The first-order valence-electron chi connectivity index (χ1n) is 5.13. The molecule has 0 aliphatic carbocycles. The zero-order chi connectivity index (χ0) is 14.8. The van der Waals surface area contributed by atoms with Crippen LogP contribution in [0.3, 0.4) is 0 Å². The van der Waals surface area contributed by atoms with Crippen LogP contribution in [0.1, 0.15) is 5.56 Å². The largest absolute Gasteiger partial charge is 0.264 e. The van der Waals surface area contributed by atoms with E-state index in [1.165, 1.54) is 18.2 Å². The molecule has 2 rings (SSSR count). The van der Waals surface area contributed by atoms with Gasteiger partial charge in [-0.15, -0.1) is 0 Å². The smallest absolute Gasteiger partial charge is 0.262 e. The molecule has 0 amide bonds. The Kier molecular flexibility index (Phi) is 4.09. The number of nitrogens with zero attached hydrogens (tertiary/aromatic N) is 3. The summed E-state index contributed by atoms with van der Waals surface area (Å²) in [6.07, 6.45) is 1.07. The molecule has 0 aliphatic heterocycles. The maximum Gasteiger partial charge on any atom is 0.264 e. The van der Waals surface area contributed by atoms with Crippen LogP contribution in [0.5, 0.6) is 0 Å². The molecule has 0 spiro atoms. The summed E-state index contributed by atoms with van der Waals surface area (Å²) in [5, 5.41) is 8.74. The fraction of sp³-hybridized carbons (Fsp3) is 0. The summed E-state index contributed by atoms with van der Waals surface area (Å²) in [7, 11) is -4.00. The van der Waals surface area contributed by atoms with Gasteiger partial charge in [0.2, 0.25) is 0 Å². The summed E-state index contributed by atoms with van der Waals surface area (Å²) in [6.45, 7) is 0. The SMILES string of the molecule is N#Cc1ccccc1S(=O)(=O)Nc1ncnc(Cl)c1Cl. The number of aromatic nitrogens is 2. The maximum absolute atomic E-state index is 12.2. The first-order valence-corrected chi connectivity index (χ1v) is 7.37. The van der Waals surface area contributed by atoms with Crippen LogP contribution in [0.2, 0.25) is 10.2 Å². The number of anilines is 1. The zero-order valence-corrected chi connectivity index (χ0v) is 12.0. The van der Waals surface area contributed by atoms with Crippen molar-refractivity contribution in [2.24, 2.45) is 0 Å². The summed E-state index contributed by atoms with van der Waals surface area (Å²) >= 11 is 11.5. The van der Waals surface area contributed by atoms with E-state index in [-0.39, 0.29) is 26.5 Å². The number of halogens is 2. The summed E-state index contributed by atoms with van der Waals surface area (Å²) in [4.78, 5) is 7.14. The van der Waals surface area contributed by atoms with Crippen molar-refractivity contribution in [3.05, 3.63) is 46.3 Å². The van der Waals surface area contributed by atoms with E-state index in [0.717, 1.165) is 6.33 Å². The molecule has 20 heavy (non-hydrogen) atoms. The van der Waals surface area contributed by atoms with Crippen LogP contribution in [0.25, 0.3) is 0 Å². The fourth-order valence-corrected chi connectivity index (χ4v) is 2.91. The molecule has 1 heterocycles. The second-order valence-corrected chi connectivity index (χ2v) is 5.93. The van der Waals surface area contributed by atoms with Crippen molar-refractivity contribution in [1.82, 2.24) is 9.97 Å². The van der Waals surface area contributed by atoms with E-state index in [0.29, 0.717) is 0 Å². The van der Waals surface area contributed by atoms with Crippen LogP contribution >= 0.6 is 23.2 Å². The number of benzene rings is 1. The first kappa shape index (κ1) is 14.5. The monoisotopic (exact) mass is 328 g/mol. The van der Waals surface area contributed by atoms with Gasteiger partial charge in [0.05, 0.1) is 5.56 Å². The predicted molar refractivity (Wildman–Crippen MR) is 74.0 cm³/mol. The van der Waals surface area contributed by atoms with Crippen LogP contribution < -0.4 is 4.72 Å². The van der Waals surface area contributed by atoms with Gasteiger partial charge in [0.1, 0.15) is 22.3 Å². The van der Waals surface area contributed by atoms with E-state index in [2.05, 4.69) is 14.7 Å². The minimum absolute atomic E-state index is 0.0104. The Morgan fingerprint density at radius 3 is 2.60 bits per heavy atom. The summed E-state index contributed by atoms with van der Waals surface area (Å²) < 4.78 is 26.6. The Hall–Kier alpha value is -1.88. The minimum Gasteiger partial charge on any atom is -0.262 e. The highest BCUT2D eigenvalue weighted by Gasteiger charge is 2.21. The van der Waals surface area contributed by atoms with Crippen molar-refractivity contribution in [3.63, 3.8) is 0 Å². The molecule has 6 nitrogen and oxygen atoms in total. The summed E-state index contributed by atoms with van der Waals surface area (Å²) in [5.41, 5.74) is 0.0104. The van der Waals surface area contributed by atoms with Gasteiger partial charge in [-0.05, 0) is 12.1 Å². The summed E-state index contributed by atoms with van der Waals surface area (Å²) in [5.74, 6) is -0.153. The number of nitriles is 1. The molecule has 9 heteroatoms. The van der Waals surface area contributed by atoms with Gasteiger partial charge in [0.15, 0.2) is 11.0 Å². The van der Waals surface area contributed by atoms with Gasteiger partial charge in [-0.3, -0.25) is 4.72 Å². The molecular weight excluding hydrogens is 323 g/mol. The average Bonchev–Trinajstić information content (AvgIpc) is 2.43. The molecule has 1 aromatic heterocycles. The molecule has 0 atom stereocenters. The molecular formula is C11H6Cl2N4O2S. The van der Waals surface area contributed by atoms with Crippen LogP contribution in [-0.2, 0) is 10.0 Å². The van der Waals surface area contributed by atoms with E-state index in [4.69, 9.17) is 28.5 Å². The zero-order valence-electron chi connectivity index (χ0n) is 9.71. The topological polar surface area (TPSA) is 95.7 Å². The van der Waals surface area contributed by atoms with Crippen LogP contribution in [0.15, 0.2) is 35.5 Å². The number of hydrogen-bond acceptors (Lipinski definition) is 5. The predicted octanol–water partition coefficient (Wildman–Crippen LogP) is 2.46. The van der Waals surface area contributed by atoms with Gasteiger partial charge < -0.3 is 0 Å². The molecule has 0 aliphatic rings. The van der Waals surface area contributed by atoms with Gasteiger partial charge in [-0.1, -0.05) is 35.3 Å². The molecule has 0 saturated heterocycles. The number of nitrogens with one attached hydrogen (secondary N) is 1. The van der Waals surface area contributed by atoms with E-state index in [1.54, 1.807) is 12.1 Å². The highest BCUT2D eigenvalue weighted by molar-refractivity contribution is 7.92. The quantitative estimate of drug-likeness (QED) is 0.873. The van der Waals surface area contributed by atoms with Crippen molar-refractivity contribution in [2.45, 2.75) is 4.90 Å². The van der Waals surface area contributed by atoms with Crippen LogP contribution in [-0.4, -0.2) is 18.4 Å². The van der Waals surface area contributed by atoms with Crippen LogP contribution in [0.4, 0.5) is 5.82 Å². The molecule has 1 aromatic carbocycles. The molecule has 0 radical (unpaired) electrons. The Morgan fingerprint density at radius 2 is 1.90 bits per heavy atom. The molecule has 1 N–H and O–H groups in total. The average molecular weight is 329 g/mol. The second-order valence-electron chi connectivity index (χ2n) is 3.54. The van der Waals surface area contributed by atoms with E-state index >= 15 is 0 Å². The number of rotatable bonds is 3. The molecule has 0 fully saturated rings. The Labute approximate surface area is 125 Å². The number of hydrogen-bond donors (Lipinski definition) is 1. The lowest BCUT2D eigenvalue weighted by molar-refractivity contribution is 0.601. The van der Waals surface area contributed by atoms with E-state index in [1.807, 2.05) is 0 Å². The van der Waals surface area contributed by atoms with Gasteiger partial charge >= 0.3 is 0 Å². The molecule has 102 valence electrons. The first-order chi connectivity index (χ1) is 9.45. The van der Waals surface area contributed by atoms with Crippen molar-refractivity contribution in [2.75, 3.05) is 4.72 Å². The van der Waals surface area contributed by atoms with Gasteiger partial charge in [0, 0.05) is 0 Å². The lowest BCUT2D eigenvalue weighted by Crippen LogP contribution is -2.15. The van der Waals surface area contributed by atoms with Gasteiger partial charge in [-0.2, -0.15) is 5.26 Å². The van der Waals surface area contributed by atoms with E-state index < -0.39 is 10.0 Å². The lowest BCUT2D eigenvalue weighted by atomic mass is 10.2. The van der Waals surface area contributed by atoms with E-state index in [9.17, 15) is 8.42 Å². The third-order valence-electron chi connectivity index (χ3n) is 2.28. The minimum atomic E-state index is -4.00. The molecule has 2 aromatic rings. The molecule has 0 unspecified atom stereocenters. The van der Waals surface area contributed by atoms with Crippen LogP contribution in [0, 0.1) is 11.3 Å². The Balaban J connectivity index is 2.47. The maximum atomic E-state index is 12.2. The van der Waals surface area contributed by atoms with Gasteiger partial charge in [-0.25, -0.2) is 18.4 Å². The van der Waals surface area contributed by atoms with Gasteiger partial charge in [0.25, 0.3) is 10.0 Å². The molecule has 0 saturated carbocycles. The van der Waals surface area contributed by atoms with Crippen molar-refractivity contribution in [3.8, 4) is 6.07 Å². The van der Waals surface area contributed by atoms with Crippen molar-refractivity contribution < 1.29 is 8.42 Å².